The zero-order valence-corrected chi connectivity index (χ0v) is 24.2. The quantitative estimate of drug-likeness (QED) is 0.0717. The molecule has 7 heteroatoms. The molecule has 1 aromatic carbocycles. The number of aromatic hydroxyl groups is 1. The monoisotopic (exact) mass is 555 g/mol. The molecule has 1 amide bonds. The Morgan fingerprint density at radius 3 is 2.08 bits per heavy atom. The standard InChI is InChI=1S/C32H45NO5S/c1-3-4-5-6-7-8-9-10-11-12-13-14-15-16-17-18-19-22-27-39-32(37-2)31(36)38-26-25-33-30(35)28-23-20-21-24-29(28)34/h4-5,7-8,10-11,13-14,16-17,20-21,23-24,32,34H,3,6,9,12,15,18-19,22,25-27H2,1-2H3,(H,33,35)/b5-4-,8-7-,11-10-,14-13-,17-16-. The van der Waals surface area contributed by atoms with E-state index in [-0.39, 0.29) is 24.5 Å². The van der Waals surface area contributed by atoms with Crippen molar-refractivity contribution in [3.8, 4) is 5.75 Å². The number of hydrogen-bond donors (Lipinski definition) is 2. The van der Waals surface area contributed by atoms with Crippen molar-refractivity contribution in [2.75, 3.05) is 26.0 Å². The summed E-state index contributed by atoms with van der Waals surface area (Å²) in [6.07, 6.45) is 30.0. The van der Waals surface area contributed by atoms with Crippen molar-refractivity contribution < 1.29 is 24.2 Å². The molecule has 0 aliphatic rings. The lowest BCUT2D eigenvalue weighted by Gasteiger charge is -2.14. The number of carbonyl (C=O) groups excluding carboxylic acids is 2. The molecule has 0 bridgehead atoms. The van der Waals surface area contributed by atoms with Crippen LogP contribution in [0.1, 0.15) is 68.6 Å². The minimum atomic E-state index is -0.687. The number of rotatable bonds is 21. The van der Waals surface area contributed by atoms with E-state index >= 15 is 0 Å². The van der Waals surface area contributed by atoms with Crippen LogP contribution in [0.15, 0.2) is 85.0 Å². The van der Waals surface area contributed by atoms with Crippen molar-refractivity contribution in [2.24, 2.45) is 0 Å². The van der Waals surface area contributed by atoms with Crippen molar-refractivity contribution in [2.45, 2.75) is 63.7 Å². The minimum Gasteiger partial charge on any atom is -0.507 e. The van der Waals surface area contributed by atoms with E-state index in [1.54, 1.807) is 12.1 Å². The molecule has 1 aromatic rings. The van der Waals surface area contributed by atoms with Gasteiger partial charge in [0.25, 0.3) is 5.91 Å². The fraction of sp³-hybridized carbons (Fsp3) is 0.438. The molecular formula is C32H45NO5S. The first-order valence-corrected chi connectivity index (χ1v) is 14.8. The summed E-state index contributed by atoms with van der Waals surface area (Å²) in [4.78, 5) is 24.3. The average Bonchev–Trinajstić information content (AvgIpc) is 2.94. The van der Waals surface area contributed by atoms with Gasteiger partial charge in [-0.15, -0.1) is 11.8 Å². The summed E-state index contributed by atoms with van der Waals surface area (Å²) in [7, 11) is 1.48. The van der Waals surface area contributed by atoms with Gasteiger partial charge in [-0.1, -0.05) is 79.8 Å². The molecule has 214 valence electrons. The van der Waals surface area contributed by atoms with E-state index in [1.807, 2.05) is 0 Å². The highest BCUT2D eigenvalue weighted by atomic mass is 32.2. The minimum absolute atomic E-state index is 0.0304. The molecule has 0 aromatic heterocycles. The molecular weight excluding hydrogens is 510 g/mol. The molecule has 1 rings (SSSR count). The third kappa shape index (κ3) is 18.0. The predicted octanol–water partition coefficient (Wildman–Crippen LogP) is 7.29. The SMILES string of the molecule is CC/C=C\C/C=C\C/C=C\C/C=C\C/C=C\CCCCSC(OC)C(=O)OCCNC(=O)c1ccccc1O. The van der Waals surface area contributed by atoms with Gasteiger partial charge < -0.3 is 19.9 Å². The van der Waals surface area contributed by atoms with Gasteiger partial charge in [-0.2, -0.15) is 0 Å². The number of amides is 1. The highest BCUT2D eigenvalue weighted by molar-refractivity contribution is 8.00. The molecule has 39 heavy (non-hydrogen) atoms. The lowest BCUT2D eigenvalue weighted by Crippen LogP contribution is -2.30. The van der Waals surface area contributed by atoms with Gasteiger partial charge in [0.1, 0.15) is 12.4 Å². The third-order valence-corrected chi connectivity index (χ3v) is 6.59. The second-order valence-corrected chi connectivity index (χ2v) is 9.75. The highest BCUT2D eigenvalue weighted by Gasteiger charge is 2.19. The van der Waals surface area contributed by atoms with Crippen LogP contribution in [0.3, 0.4) is 0 Å². The summed E-state index contributed by atoms with van der Waals surface area (Å²) in [6, 6.07) is 6.27. The normalized spacial score (nSPS) is 12.9. The van der Waals surface area contributed by atoms with Crippen LogP contribution in [0.4, 0.5) is 0 Å². The third-order valence-electron chi connectivity index (χ3n) is 5.38. The molecule has 1 unspecified atom stereocenters. The number of allylic oxidation sites excluding steroid dienone is 10. The molecule has 0 radical (unpaired) electrons. The summed E-state index contributed by atoms with van der Waals surface area (Å²) < 4.78 is 10.5. The van der Waals surface area contributed by atoms with E-state index in [0.717, 1.165) is 57.1 Å². The Balaban J connectivity index is 2.05. The summed E-state index contributed by atoms with van der Waals surface area (Å²) in [5.74, 6) is -0.182. The smallest absolute Gasteiger partial charge is 0.345 e. The van der Waals surface area contributed by atoms with Crippen LogP contribution >= 0.6 is 11.8 Å². The molecule has 0 saturated heterocycles. The number of para-hydroxylation sites is 1. The van der Waals surface area contributed by atoms with Gasteiger partial charge in [-0.05, 0) is 69.3 Å². The topological polar surface area (TPSA) is 84.9 Å². The number of phenols is 1. The molecule has 2 N–H and O–H groups in total. The maximum atomic E-state index is 12.2. The van der Waals surface area contributed by atoms with Gasteiger partial charge >= 0.3 is 5.97 Å². The summed E-state index contributed by atoms with van der Waals surface area (Å²) in [5.41, 5.74) is -0.508. The van der Waals surface area contributed by atoms with Crippen LogP contribution in [0, 0.1) is 0 Å². The Hall–Kier alpha value is -3.03. The first kappa shape index (κ1) is 34.0. The van der Waals surface area contributed by atoms with Gasteiger partial charge in [0.05, 0.1) is 12.1 Å². The maximum Gasteiger partial charge on any atom is 0.345 e. The van der Waals surface area contributed by atoms with Gasteiger partial charge in [-0.3, -0.25) is 4.79 Å². The Kier molecular flexibility index (Phi) is 21.0. The Bertz CT molecular complexity index is 952. The van der Waals surface area contributed by atoms with Gasteiger partial charge in [0, 0.05) is 7.11 Å². The first-order valence-electron chi connectivity index (χ1n) is 13.7. The molecule has 0 spiro atoms. The molecule has 6 nitrogen and oxygen atoms in total. The molecule has 0 saturated carbocycles. The molecule has 1 atom stereocenters. The van der Waals surface area contributed by atoms with E-state index in [4.69, 9.17) is 9.47 Å². The Morgan fingerprint density at radius 2 is 1.49 bits per heavy atom. The number of ether oxygens (including phenoxy) is 2. The van der Waals surface area contributed by atoms with Crippen LogP contribution in [-0.4, -0.2) is 48.4 Å². The molecule has 0 heterocycles. The Labute approximate surface area is 238 Å². The zero-order valence-electron chi connectivity index (χ0n) is 23.4. The van der Waals surface area contributed by atoms with Crippen LogP contribution in [0.25, 0.3) is 0 Å². The molecule has 0 aliphatic heterocycles. The first-order chi connectivity index (χ1) is 19.1. The highest BCUT2D eigenvalue weighted by Crippen LogP contribution is 2.17. The summed E-state index contributed by atoms with van der Waals surface area (Å²) in [5, 5.41) is 12.3. The van der Waals surface area contributed by atoms with E-state index in [9.17, 15) is 14.7 Å². The summed E-state index contributed by atoms with van der Waals surface area (Å²) >= 11 is 1.42. The number of benzene rings is 1. The van der Waals surface area contributed by atoms with Crippen molar-refractivity contribution in [3.63, 3.8) is 0 Å². The average molecular weight is 556 g/mol. The fourth-order valence-electron chi connectivity index (χ4n) is 3.30. The number of thioether (sulfide) groups is 1. The molecule has 0 aliphatic carbocycles. The van der Waals surface area contributed by atoms with E-state index in [2.05, 4.69) is 73.0 Å². The van der Waals surface area contributed by atoms with Crippen molar-refractivity contribution in [3.05, 3.63) is 90.6 Å². The van der Waals surface area contributed by atoms with Crippen LogP contribution in [0.5, 0.6) is 5.75 Å². The van der Waals surface area contributed by atoms with Gasteiger partial charge in [0.2, 0.25) is 0 Å². The van der Waals surface area contributed by atoms with E-state index in [0.29, 0.717) is 0 Å². The number of methoxy groups -OCH3 is 1. The maximum absolute atomic E-state index is 12.2. The fourth-order valence-corrected chi connectivity index (χ4v) is 4.23. The van der Waals surface area contributed by atoms with Crippen molar-refractivity contribution >= 4 is 23.6 Å². The number of hydrogen-bond acceptors (Lipinski definition) is 6. The number of esters is 1. The van der Waals surface area contributed by atoms with Crippen LogP contribution in [0.2, 0.25) is 0 Å². The number of carbonyl (C=O) groups is 2. The van der Waals surface area contributed by atoms with Crippen LogP contribution < -0.4 is 5.32 Å². The largest absolute Gasteiger partial charge is 0.507 e. The second-order valence-electron chi connectivity index (χ2n) is 8.58. The number of phenolic OH excluding ortho intramolecular Hbond substituents is 1. The number of nitrogens with one attached hydrogen (secondary N) is 1. The van der Waals surface area contributed by atoms with Gasteiger partial charge in [-0.25, -0.2) is 4.79 Å². The van der Waals surface area contributed by atoms with E-state index < -0.39 is 17.3 Å². The van der Waals surface area contributed by atoms with Crippen molar-refractivity contribution in [1.82, 2.24) is 5.32 Å². The van der Waals surface area contributed by atoms with E-state index in [1.165, 1.54) is 31.0 Å². The zero-order chi connectivity index (χ0) is 28.4. The van der Waals surface area contributed by atoms with Gasteiger partial charge in [0.15, 0.2) is 5.44 Å². The van der Waals surface area contributed by atoms with Crippen LogP contribution in [-0.2, 0) is 14.3 Å². The Morgan fingerprint density at radius 1 is 0.897 bits per heavy atom. The lowest BCUT2D eigenvalue weighted by molar-refractivity contribution is -0.149. The summed E-state index contributed by atoms with van der Waals surface area (Å²) in [6.45, 7) is 2.32. The predicted molar refractivity (Wildman–Crippen MR) is 163 cm³/mol. The number of unbranched alkanes of at least 4 members (excludes halogenated alkanes) is 2. The second kappa shape index (κ2) is 24.0. The van der Waals surface area contributed by atoms with Crippen molar-refractivity contribution in [1.29, 1.82) is 0 Å². The molecule has 0 fully saturated rings. The lowest BCUT2D eigenvalue weighted by atomic mass is 10.2.